The second-order valence-corrected chi connectivity index (χ2v) is 11.0. The summed E-state index contributed by atoms with van der Waals surface area (Å²) in [5, 5.41) is 2.89. The monoisotopic (exact) mass is 510 g/mol. The van der Waals surface area contributed by atoms with Crippen LogP contribution in [0.2, 0.25) is 0 Å². The molecule has 0 radical (unpaired) electrons. The molecule has 1 aliphatic heterocycles. The molecule has 1 heterocycles. The number of rotatable bonds is 17. The van der Waals surface area contributed by atoms with Gasteiger partial charge < -0.3 is 19.7 Å². The van der Waals surface area contributed by atoms with Crippen molar-refractivity contribution in [3.8, 4) is 0 Å². The molecule has 0 aromatic carbocycles. The standard InChI is InChI=1S/C28H50N2O6/c1-8-11-13-22(9-2)19-36-26(34)27(5,10-3)20-28(6,25(33)35-7)18-21(4)24(32)29-15-17-30-16-12-14-23(30)31/h21-22H,8-20H2,1-7H3,(H,29,32). The van der Waals surface area contributed by atoms with Crippen molar-refractivity contribution in [1.82, 2.24) is 10.2 Å². The van der Waals surface area contributed by atoms with Gasteiger partial charge >= 0.3 is 11.9 Å². The molecule has 0 saturated carbocycles. The van der Waals surface area contributed by atoms with E-state index in [1.165, 1.54) is 7.11 Å². The summed E-state index contributed by atoms with van der Waals surface area (Å²) in [6.07, 6.45) is 6.60. The van der Waals surface area contributed by atoms with Gasteiger partial charge in [-0.1, -0.05) is 47.0 Å². The number of carbonyl (C=O) groups is 4. The molecule has 1 fully saturated rings. The zero-order valence-electron chi connectivity index (χ0n) is 23.7. The molecule has 0 aromatic rings. The molecule has 8 nitrogen and oxygen atoms in total. The van der Waals surface area contributed by atoms with Crippen LogP contribution in [0.25, 0.3) is 0 Å². The van der Waals surface area contributed by atoms with Crippen molar-refractivity contribution in [2.75, 3.05) is 33.4 Å². The lowest BCUT2D eigenvalue weighted by Gasteiger charge is -2.37. The van der Waals surface area contributed by atoms with Crippen molar-refractivity contribution < 1.29 is 28.7 Å². The minimum atomic E-state index is -1.04. The van der Waals surface area contributed by atoms with Gasteiger partial charge in [0.25, 0.3) is 0 Å². The molecule has 8 heteroatoms. The molecule has 1 aliphatic rings. The Labute approximate surface area is 218 Å². The largest absolute Gasteiger partial charge is 0.469 e. The molecule has 0 bridgehead atoms. The quantitative estimate of drug-likeness (QED) is 0.289. The van der Waals surface area contributed by atoms with E-state index in [2.05, 4.69) is 19.2 Å². The van der Waals surface area contributed by atoms with E-state index in [4.69, 9.17) is 9.47 Å². The minimum Gasteiger partial charge on any atom is -0.469 e. The predicted molar refractivity (Wildman–Crippen MR) is 140 cm³/mol. The maximum Gasteiger partial charge on any atom is 0.311 e. The van der Waals surface area contributed by atoms with Gasteiger partial charge in [0.1, 0.15) is 0 Å². The number of carbonyl (C=O) groups excluding carboxylic acids is 4. The Morgan fingerprint density at radius 1 is 1.11 bits per heavy atom. The van der Waals surface area contributed by atoms with Crippen LogP contribution >= 0.6 is 0 Å². The van der Waals surface area contributed by atoms with Gasteiger partial charge in [-0.25, -0.2) is 0 Å². The van der Waals surface area contributed by atoms with E-state index < -0.39 is 22.7 Å². The first-order chi connectivity index (χ1) is 17.0. The molecule has 4 atom stereocenters. The number of nitrogens with one attached hydrogen (secondary N) is 1. The first kappa shape index (κ1) is 31.9. The molecule has 36 heavy (non-hydrogen) atoms. The van der Waals surface area contributed by atoms with Gasteiger partial charge in [-0.3, -0.25) is 19.2 Å². The Morgan fingerprint density at radius 2 is 1.81 bits per heavy atom. The molecular weight excluding hydrogens is 460 g/mol. The summed E-state index contributed by atoms with van der Waals surface area (Å²) < 4.78 is 10.9. The van der Waals surface area contributed by atoms with Crippen LogP contribution in [-0.4, -0.2) is 62.0 Å². The number of nitrogens with zero attached hydrogens (tertiary/aromatic N) is 1. The highest BCUT2D eigenvalue weighted by atomic mass is 16.5. The topological polar surface area (TPSA) is 102 Å². The first-order valence-corrected chi connectivity index (χ1v) is 13.8. The van der Waals surface area contributed by atoms with E-state index in [1.54, 1.807) is 18.7 Å². The molecule has 0 aromatic heterocycles. The molecule has 2 amide bonds. The maximum absolute atomic E-state index is 13.2. The highest BCUT2D eigenvalue weighted by Gasteiger charge is 2.46. The van der Waals surface area contributed by atoms with Crippen molar-refractivity contribution in [3.63, 3.8) is 0 Å². The second kappa shape index (κ2) is 15.2. The lowest BCUT2D eigenvalue weighted by atomic mass is 9.68. The number of unbranched alkanes of at least 4 members (excludes halogenated alkanes) is 1. The van der Waals surface area contributed by atoms with Gasteiger partial charge in [0.2, 0.25) is 11.8 Å². The molecule has 0 aliphatic carbocycles. The summed E-state index contributed by atoms with van der Waals surface area (Å²) >= 11 is 0. The van der Waals surface area contributed by atoms with Crippen molar-refractivity contribution >= 4 is 23.8 Å². The lowest BCUT2D eigenvalue weighted by molar-refractivity contribution is -0.164. The average molecular weight is 511 g/mol. The van der Waals surface area contributed by atoms with E-state index in [0.29, 0.717) is 38.5 Å². The number of ether oxygens (including phenoxy) is 2. The van der Waals surface area contributed by atoms with Crippen LogP contribution in [0.4, 0.5) is 0 Å². The Kier molecular flexibility index (Phi) is 13.5. The fraction of sp³-hybridized carbons (Fsp3) is 0.857. The van der Waals surface area contributed by atoms with Crippen LogP contribution in [0.1, 0.15) is 99.3 Å². The van der Waals surface area contributed by atoms with Crippen LogP contribution in [0, 0.1) is 22.7 Å². The second-order valence-electron chi connectivity index (χ2n) is 11.0. The Morgan fingerprint density at radius 3 is 2.33 bits per heavy atom. The Balaban J connectivity index is 2.81. The lowest BCUT2D eigenvalue weighted by Crippen LogP contribution is -2.43. The maximum atomic E-state index is 13.2. The highest BCUT2D eigenvalue weighted by molar-refractivity contribution is 5.83. The van der Waals surface area contributed by atoms with Crippen LogP contribution in [0.15, 0.2) is 0 Å². The molecule has 208 valence electrons. The van der Waals surface area contributed by atoms with Crippen LogP contribution in [0.5, 0.6) is 0 Å². The summed E-state index contributed by atoms with van der Waals surface area (Å²) in [7, 11) is 1.33. The number of hydrogen-bond acceptors (Lipinski definition) is 6. The predicted octanol–water partition coefficient (Wildman–Crippen LogP) is 4.50. The van der Waals surface area contributed by atoms with Gasteiger partial charge in [0.05, 0.1) is 24.5 Å². The smallest absolute Gasteiger partial charge is 0.311 e. The highest BCUT2D eigenvalue weighted by Crippen LogP contribution is 2.42. The number of esters is 2. The van der Waals surface area contributed by atoms with Crippen LogP contribution in [0.3, 0.4) is 0 Å². The normalized spacial score (nSPS) is 18.6. The van der Waals surface area contributed by atoms with E-state index in [1.807, 2.05) is 13.8 Å². The summed E-state index contributed by atoms with van der Waals surface area (Å²) in [4.78, 5) is 52.4. The van der Waals surface area contributed by atoms with Crippen molar-refractivity contribution in [3.05, 3.63) is 0 Å². The molecule has 1 rings (SSSR count). The van der Waals surface area contributed by atoms with E-state index in [0.717, 1.165) is 38.6 Å². The fourth-order valence-electron chi connectivity index (χ4n) is 5.14. The Hall–Kier alpha value is -2.12. The molecule has 0 spiro atoms. The zero-order chi connectivity index (χ0) is 27.4. The zero-order valence-corrected chi connectivity index (χ0v) is 23.7. The van der Waals surface area contributed by atoms with Gasteiger partial charge in [0, 0.05) is 32.0 Å². The minimum absolute atomic E-state index is 0.122. The van der Waals surface area contributed by atoms with Crippen LogP contribution in [-0.2, 0) is 28.7 Å². The third-order valence-corrected chi connectivity index (χ3v) is 7.78. The molecular formula is C28H50N2O6. The third-order valence-electron chi connectivity index (χ3n) is 7.78. The van der Waals surface area contributed by atoms with Crippen LogP contribution < -0.4 is 5.32 Å². The molecule has 1 saturated heterocycles. The third kappa shape index (κ3) is 9.40. The van der Waals surface area contributed by atoms with Crippen molar-refractivity contribution in [2.24, 2.45) is 22.7 Å². The summed E-state index contributed by atoms with van der Waals surface area (Å²) in [5.41, 5.74) is -1.91. The summed E-state index contributed by atoms with van der Waals surface area (Å²) in [6.45, 7) is 13.5. The molecule has 4 unspecified atom stereocenters. The average Bonchev–Trinajstić information content (AvgIpc) is 3.27. The number of hydrogen-bond donors (Lipinski definition) is 1. The number of methoxy groups -OCH3 is 1. The van der Waals surface area contributed by atoms with Gasteiger partial charge in [-0.2, -0.15) is 0 Å². The van der Waals surface area contributed by atoms with E-state index >= 15 is 0 Å². The van der Waals surface area contributed by atoms with Crippen molar-refractivity contribution in [2.45, 2.75) is 99.3 Å². The fourth-order valence-corrected chi connectivity index (χ4v) is 5.14. The summed E-state index contributed by atoms with van der Waals surface area (Å²) in [6, 6.07) is 0. The van der Waals surface area contributed by atoms with E-state index in [-0.39, 0.29) is 30.6 Å². The SMILES string of the molecule is CCCCC(CC)COC(=O)C(C)(CC)CC(C)(CC(C)C(=O)NCCN1CCCC1=O)C(=O)OC. The first-order valence-electron chi connectivity index (χ1n) is 13.8. The van der Waals surface area contributed by atoms with E-state index in [9.17, 15) is 19.2 Å². The van der Waals surface area contributed by atoms with Gasteiger partial charge in [0.15, 0.2) is 0 Å². The Bertz CT molecular complexity index is 742. The number of amides is 2. The van der Waals surface area contributed by atoms with Gasteiger partial charge in [-0.15, -0.1) is 0 Å². The van der Waals surface area contributed by atoms with Crippen molar-refractivity contribution in [1.29, 1.82) is 0 Å². The van der Waals surface area contributed by atoms with Gasteiger partial charge in [-0.05, 0) is 51.9 Å². The molecule has 1 N–H and O–H groups in total. The summed E-state index contributed by atoms with van der Waals surface area (Å²) in [5.74, 6) is -0.939. The number of likely N-dealkylation sites (tertiary alicyclic amines) is 1.